The lowest BCUT2D eigenvalue weighted by molar-refractivity contribution is -0.683. The van der Waals surface area contributed by atoms with Gasteiger partial charge in [-0.05, 0) is 12.5 Å². The summed E-state index contributed by atoms with van der Waals surface area (Å²) in [7, 11) is -3.91. The molecule has 0 aromatic carbocycles. The molecule has 0 amide bonds. The predicted molar refractivity (Wildman–Crippen MR) is 52.0 cm³/mol. The summed E-state index contributed by atoms with van der Waals surface area (Å²) in [6.45, 7) is 6.38. The van der Waals surface area contributed by atoms with E-state index >= 15 is 0 Å². The highest BCUT2D eigenvalue weighted by Crippen LogP contribution is 2.06. The van der Waals surface area contributed by atoms with E-state index in [0.29, 0.717) is 0 Å². The first-order valence-electron chi connectivity index (χ1n) is 4.42. The molecular formula is C9H14BF4N. The van der Waals surface area contributed by atoms with Gasteiger partial charge in [0.15, 0.2) is 11.4 Å². The number of nitrogens with zero attached hydrogens (tertiary/aromatic N) is 1. The number of aryl methyl sites for hydroxylation is 3. The van der Waals surface area contributed by atoms with Crippen molar-refractivity contribution < 1.29 is 21.8 Å². The van der Waals surface area contributed by atoms with Crippen LogP contribution >= 0.6 is 0 Å². The standard InChI is InChI=1S/C9H14N.BF4/c1-7-5-8(2)10(4)9(3)6-7;2-1(3,4)5/h5-6H,1-4H3;/q+1;-1. The van der Waals surface area contributed by atoms with Crippen molar-refractivity contribution in [2.75, 3.05) is 0 Å². The number of pyridine rings is 1. The van der Waals surface area contributed by atoms with Crippen LogP contribution < -0.4 is 4.57 Å². The van der Waals surface area contributed by atoms with Gasteiger partial charge in [0.25, 0.3) is 0 Å². The summed E-state index contributed by atoms with van der Waals surface area (Å²) < 4.78 is 41.2. The van der Waals surface area contributed by atoms with Crippen molar-refractivity contribution in [3.05, 3.63) is 29.1 Å². The van der Waals surface area contributed by atoms with Gasteiger partial charge in [0, 0.05) is 26.0 Å². The first-order chi connectivity index (χ1) is 6.61. The maximum Gasteiger partial charge on any atom is 0.673 e. The van der Waals surface area contributed by atoms with Crippen LogP contribution in [0.1, 0.15) is 17.0 Å². The number of aromatic nitrogens is 1. The molecule has 0 unspecified atom stereocenters. The van der Waals surface area contributed by atoms with Crippen molar-refractivity contribution in [3.8, 4) is 0 Å². The highest BCUT2D eigenvalue weighted by molar-refractivity contribution is 6.50. The molecule has 1 nitrogen and oxygen atoms in total. The monoisotopic (exact) mass is 223 g/mol. The van der Waals surface area contributed by atoms with Gasteiger partial charge in [-0.2, -0.15) is 0 Å². The summed E-state index contributed by atoms with van der Waals surface area (Å²) in [5, 5.41) is 0. The SMILES string of the molecule is Cc1cc(C)[n+](C)c(C)c1.F[B-](F)(F)F. The Morgan fingerprint density at radius 3 is 1.47 bits per heavy atom. The van der Waals surface area contributed by atoms with Crippen LogP contribution in [0.25, 0.3) is 0 Å². The molecule has 1 rings (SSSR count). The molecular weight excluding hydrogens is 209 g/mol. The second kappa shape index (κ2) is 5.14. The molecule has 6 heteroatoms. The zero-order valence-corrected chi connectivity index (χ0v) is 9.19. The fourth-order valence-electron chi connectivity index (χ4n) is 1.17. The smallest absolute Gasteiger partial charge is 0.418 e. The lowest BCUT2D eigenvalue weighted by Gasteiger charge is -1.98. The molecule has 0 aliphatic carbocycles. The fourth-order valence-corrected chi connectivity index (χ4v) is 1.17. The number of hydrogen-bond acceptors (Lipinski definition) is 0. The number of rotatable bonds is 0. The minimum Gasteiger partial charge on any atom is -0.418 e. The predicted octanol–water partition coefficient (Wildman–Crippen LogP) is 2.74. The molecule has 0 saturated heterocycles. The average Bonchev–Trinajstić information content (AvgIpc) is 1.96. The molecule has 0 aliphatic rings. The zero-order valence-electron chi connectivity index (χ0n) is 9.19. The van der Waals surface area contributed by atoms with Gasteiger partial charge in [0.2, 0.25) is 0 Å². The van der Waals surface area contributed by atoms with Gasteiger partial charge in [-0.25, -0.2) is 4.57 Å². The van der Waals surface area contributed by atoms with Crippen LogP contribution in [0.15, 0.2) is 12.1 Å². The Balaban J connectivity index is 0.000000336. The second-order valence-corrected chi connectivity index (χ2v) is 3.37. The summed E-state index contributed by atoms with van der Waals surface area (Å²) in [5.74, 6) is 0. The third-order valence-corrected chi connectivity index (χ3v) is 1.93. The summed E-state index contributed by atoms with van der Waals surface area (Å²) >= 11 is 0. The summed E-state index contributed by atoms with van der Waals surface area (Å²) in [6, 6.07) is 4.38. The molecule has 0 saturated carbocycles. The van der Waals surface area contributed by atoms with Crippen LogP contribution in [0.2, 0.25) is 0 Å². The van der Waals surface area contributed by atoms with Crippen molar-refractivity contribution in [1.29, 1.82) is 0 Å². The van der Waals surface area contributed by atoms with E-state index in [1.807, 2.05) is 0 Å². The minimum absolute atomic E-state index is 1.32. The topological polar surface area (TPSA) is 3.88 Å². The Labute approximate surface area is 86.8 Å². The van der Waals surface area contributed by atoms with E-state index in [0.717, 1.165) is 0 Å². The Hall–Kier alpha value is -1.07. The molecule has 1 aromatic rings. The first-order valence-corrected chi connectivity index (χ1v) is 4.42. The number of hydrogen-bond donors (Lipinski definition) is 0. The Bertz CT molecular complexity index is 306. The Morgan fingerprint density at radius 1 is 0.933 bits per heavy atom. The van der Waals surface area contributed by atoms with Crippen LogP contribution in [0, 0.1) is 20.8 Å². The van der Waals surface area contributed by atoms with E-state index < -0.39 is 7.25 Å². The lowest BCUT2D eigenvalue weighted by Crippen LogP contribution is -2.35. The van der Waals surface area contributed by atoms with Crippen LogP contribution in [-0.2, 0) is 7.05 Å². The van der Waals surface area contributed by atoms with Gasteiger partial charge < -0.3 is 17.3 Å². The van der Waals surface area contributed by atoms with Gasteiger partial charge in [0.05, 0.1) is 0 Å². The van der Waals surface area contributed by atoms with E-state index in [9.17, 15) is 17.3 Å². The summed E-state index contributed by atoms with van der Waals surface area (Å²) in [4.78, 5) is 0. The normalized spacial score (nSPS) is 10.7. The molecule has 0 atom stereocenters. The molecule has 0 bridgehead atoms. The molecule has 1 aromatic heterocycles. The second-order valence-electron chi connectivity index (χ2n) is 3.37. The average molecular weight is 223 g/mol. The largest absolute Gasteiger partial charge is 0.673 e. The van der Waals surface area contributed by atoms with Gasteiger partial charge in [-0.15, -0.1) is 0 Å². The van der Waals surface area contributed by atoms with Crippen LogP contribution in [0.5, 0.6) is 0 Å². The van der Waals surface area contributed by atoms with E-state index in [1.165, 1.54) is 17.0 Å². The van der Waals surface area contributed by atoms with E-state index in [-0.39, 0.29) is 0 Å². The summed E-state index contributed by atoms with van der Waals surface area (Å²) in [6.07, 6.45) is 0. The molecule has 0 fully saturated rings. The van der Waals surface area contributed by atoms with Crippen molar-refractivity contribution >= 4 is 7.25 Å². The Kier molecular flexibility index (Phi) is 4.77. The van der Waals surface area contributed by atoms with Crippen molar-refractivity contribution in [3.63, 3.8) is 0 Å². The van der Waals surface area contributed by atoms with E-state index in [1.54, 1.807) is 0 Å². The van der Waals surface area contributed by atoms with Crippen molar-refractivity contribution in [2.24, 2.45) is 7.05 Å². The maximum atomic E-state index is 9.75. The maximum absolute atomic E-state index is 9.75. The molecule has 0 N–H and O–H groups in total. The summed E-state index contributed by atoms with van der Waals surface area (Å²) in [5.41, 5.74) is 3.98. The van der Waals surface area contributed by atoms with Gasteiger partial charge in [-0.3, -0.25) is 0 Å². The minimum atomic E-state index is -6.00. The third-order valence-electron chi connectivity index (χ3n) is 1.93. The number of halogens is 4. The van der Waals surface area contributed by atoms with Crippen LogP contribution in [-0.4, -0.2) is 7.25 Å². The highest BCUT2D eigenvalue weighted by Gasteiger charge is 2.20. The fraction of sp³-hybridized carbons (Fsp3) is 0.444. The van der Waals surface area contributed by atoms with Crippen molar-refractivity contribution in [2.45, 2.75) is 20.8 Å². The molecule has 15 heavy (non-hydrogen) atoms. The van der Waals surface area contributed by atoms with Gasteiger partial charge in [-0.1, -0.05) is 0 Å². The van der Waals surface area contributed by atoms with Crippen LogP contribution in [0.3, 0.4) is 0 Å². The van der Waals surface area contributed by atoms with Gasteiger partial charge in [0.1, 0.15) is 7.05 Å². The molecule has 0 spiro atoms. The quantitative estimate of drug-likeness (QED) is 0.361. The lowest BCUT2D eigenvalue weighted by atomic mass is 10.2. The first kappa shape index (κ1) is 13.9. The van der Waals surface area contributed by atoms with E-state index in [2.05, 4.69) is 44.5 Å². The van der Waals surface area contributed by atoms with Gasteiger partial charge >= 0.3 is 7.25 Å². The molecule has 0 aliphatic heterocycles. The van der Waals surface area contributed by atoms with Crippen LogP contribution in [0.4, 0.5) is 17.3 Å². The zero-order chi connectivity index (χ0) is 12.2. The molecule has 0 radical (unpaired) electrons. The molecule has 1 heterocycles. The van der Waals surface area contributed by atoms with Crippen molar-refractivity contribution in [1.82, 2.24) is 0 Å². The Morgan fingerprint density at radius 2 is 1.20 bits per heavy atom. The van der Waals surface area contributed by atoms with E-state index in [4.69, 9.17) is 0 Å². The third kappa shape index (κ3) is 6.93. The molecule has 86 valence electrons. The highest BCUT2D eigenvalue weighted by atomic mass is 19.5.